The molecule has 0 aliphatic heterocycles. The molecule has 4 N–H and O–H groups in total. The Hall–Kier alpha value is -0.420. The van der Waals surface area contributed by atoms with Crippen molar-refractivity contribution in [3.8, 4) is 0 Å². The van der Waals surface area contributed by atoms with Gasteiger partial charge in [-0.2, -0.15) is 4.62 Å². The Labute approximate surface area is 72.8 Å². The topological polar surface area (TPSA) is 89.6 Å². The molecule has 6 nitrogen and oxygen atoms in total. The van der Waals surface area contributed by atoms with E-state index in [4.69, 9.17) is 24.8 Å². The van der Waals surface area contributed by atoms with Gasteiger partial charge in [0, 0.05) is 0 Å². The fourth-order valence-electron chi connectivity index (χ4n) is 0.387. The average Bonchev–Trinajstić information content (AvgIpc) is 2.01. The van der Waals surface area contributed by atoms with Crippen LogP contribution in [0, 0.1) is 5.41 Å². The van der Waals surface area contributed by atoms with Crippen molar-refractivity contribution in [1.29, 1.82) is 5.41 Å². The van der Waals surface area contributed by atoms with Gasteiger partial charge in [0.2, 0.25) is 5.96 Å². The van der Waals surface area contributed by atoms with E-state index in [0.29, 0.717) is 13.2 Å². The normalized spacial score (nSPS) is 10.2. The first kappa shape index (κ1) is 11.6. The maximum atomic E-state index is 6.79. The predicted molar refractivity (Wildman–Crippen MR) is 46.3 cm³/mol. The van der Waals surface area contributed by atoms with Gasteiger partial charge in [0.15, 0.2) is 0 Å². The smallest absolute Gasteiger partial charge is 0.356 e. The quantitative estimate of drug-likeness (QED) is 0.251. The van der Waals surface area contributed by atoms with Crippen molar-refractivity contribution in [3.05, 3.63) is 0 Å². The minimum absolute atomic E-state index is 0.276. The van der Waals surface area contributed by atoms with E-state index in [-0.39, 0.29) is 5.96 Å². The highest BCUT2D eigenvalue weighted by molar-refractivity contribution is 7.41. The lowest BCUT2D eigenvalue weighted by molar-refractivity contribution is 0.145. The van der Waals surface area contributed by atoms with Gasteiger partial charge in [-0.3, -0.25) is 5.41 Å². The van der Waals surface area contributed by atoms with Gasteiger partial charge in [-0.15, -0.1) is 0 Å². The predicted octanol–water partition coefficient (Wildman–Crippen LogP) is 0.701. The molecule has 7 heteroatoms. The standard InChI is InChI=1S/C5H14N3O3P/c1-3-9-12(10-4-2)11-8-5(6)7/h3-4H2,1-2H3,(H4,6,7,8). The maximum Gasteiger partial charge on any atom is 0.356 e. The Morgan fingerprint density at radius 3 is 2.25 bits per heavy atom. The van der Waals surface area contributed by atoms with Crippen molar-refractivity contribution in [2.75, 3.05) is 13.2 Å². The van der Waals surface area contributed by atoms with Crippen LogP contribution >= 0.6 is 8.60 Å². The Bertz CT molecular complexity index is 129. The molecule has 0 bridgehead atoms. The lowest BCUT2D eigenvalue weighted by atomic mass is 10.9. The van der Waals surface area contributed by atoms with Gasteiger partial charge >= 0.3 is 8.60 Å². The van der Waals surface area contributed by atoms with Crippen LogP contribution < -0.4 is 11.2 Å². The molecule has 0 aromatic heterocycles. The zero-order valence-electron chi connectivity index (χ0n) is 7.16. The second-order valence-corrected chi connectivity index (χ2v) is 2.81. The van der Waals surface area contributed by atoms with Crippen molar-refractivity contribution in [2.45, 2.75) is 13.8 Å². The SMILES string of the molecule is CCOP(OCC)ONC(=N)N. The Morgan fingerprint density at radius 2 is 1.92 bits per heavy atom. The van der Waals surface area contributed by atoms with E-state index in [0.717, 1.165) is 0 Å². The molecule has 0 heterocycles. The molecule has 0 aromatic carbocycles. The minimum atomic E-state index is -1.43. The molecule has 0 amide bonds. The molecule has 12 heavy (non-hydrogen) atoms. The molecular formula is C5H14N3O3P. The average molecular weight is 195 g/mol. The first-order valence-corrected chi connectivity index (χ1v) is 4.63. The summed E-state index contributed by atoms with van der Waals surface area (Å²) in [6.07, 6.45) is 0. The largest absolute Gasteiger partial charge is 0.368 e. The summed E-state index contributed by atoms with van der Waals surface area (Å²) in [6, 6.07) is 0. The number of nitrogens with two attached hydrogens (primary N) is 1. The van der Waals surface area contributed by atoms with E-state index in [1.807, 2.05) is 13.8 Å². The van der Waals surface area contributed by atoms with Crippen molar-refractivity contribution < 1.29 is 13.7 Å². The van der Waals surface area contributed by atoms with E-state index < -0.39 is 8.60 Å². The van der Waals surface area contributed by atoms with Gasteiger partial charge in [-0.05, 0) is 13.8 Å². The maximum absolute atomic E-state index is 6.79. The molecule has 0 aromatic rings. The summed E-state index contributed by atoms with van der Waals surface area (Å²) < 4.78 is 14.9. The Morgan fingerprint density at radius 1 is 1.42 bits per heavy atom. The first-order chi connectivity index (χ1) is 5.70. The van der Waals surface area contributed by atoms with Crippen molar-refractivity contribution in [3.63, 3.8) is 0 Å². The Balaban J connectivity index is 3.54. The summed E-state index contributed by atoms with van der Waals surface area (Å²) >= 11 is 0. The molecule has 0 rings (SSSR count). The summed E-state index contributed by atoms with van der Waals surface area (Å²) in [4.78, 5) is 0. The van der Waals surface area contributed by atoms with Gasteiger partial charge in [-0.1, -0.05) is 0 Å². The second-order valence-electron chi connectivity index (χ2n) is 1.67. The van der Waals surface area contributed by atoms with Crippen LogP contribution in [0.2, 0.25) is 0 Å². The molecule has 0 fully saturated rings. The van der Waals surface area contributed by atoms with E-state index in [1.54, 1.807) is 0 Å². The van der Waals surface area contributed by atoms with Gasteiger partial charge in [0.05, 0.1) is 13.2 Å². The van der Waals surface area contributed by atoms with E-state index in [2.05, 4.69) is 5.48 Å². The number of nitrogens with one attached hydrogen (secondary N) is 2. The molecular weight excluding hydrogens is 181 g/mol. The van der Waals surface area contributed by atoms with Gasteiger partial charge in [0.25, 0.3) is 0 Å². The molecule has 0 aliphatic carbocycles. The zero-order chi connectivity index (χ0) is 9.40. The molecule has 0 aliphatic rings. The van der Waals surface area contributed by atoms with Crippen LogP contribution in [0.1, 0.15) is 13.8 Å². The highest BCUT2D eigenvalue weighted by Gasteiger charge is 2.10. The minimum Gasteiger partial charge on any atom is -0.368 e. The van der Waals surface area contributed by atoms with E-state index >= 15 is 0 Å². The molecule has 0 saturated heterocycles. The lowest BCUT2D eigenvalue weighted by Gasteiger charge is -2.13. The van der Waals surface area contributed by atoms with Crippen LogP contribution in [0.3, 0.4) is 0 Å². The van der Waals surface area contributed by atoms with E-state index in [1.165, 1.54) is 0 Å². The lowest BCUT2D eigenvalue weighted by Crippen LogP contribution is -2.29. The van der Waals surface area contributed by atoms with Gasteiger partial charge in [-0.25, -0.2) is 5.48 Å². The Kier molecular flexibility index (Phi) is 6.99. The van der Waals surface area contributed by atoms with Crippen LogP contribution in [0.25, 0.3) is 0 Å². The molecule has 0 atom stereocenters. The van der Waals surface area contributed by atoms with Crippen LogP contribution in [0.5, 0.6) is 0 Å². The van der Waals surface area contributed by atoms with Crippen LogP contribution in [0.4, 0.5) is 0 Å². The van der Waals surface area contributed by atoms with Gasteiger partial charge < -0.3 is 14.8 Å². The van der Waals surface area contributed by atoms with Crippen LogP contribution in [-0.4, -0.2) is 19.2 Å². The highest BCUT2D eigenvalue weighted by Crippen LogP contribution is 2.37. The van der Waals surface area contributed by atoms with Crippen molar-refractivity contribution in [1.82, 2.24) is 5.48 Å². The summed E-state index contributed by atoms with van der Waals surface area (Å²) in [7, 11) is -1.43. The number of hydroxylamine groups is 1. The molecule has 0 radical (unpaired) electrons. The third-order valence-corrected chi connectivity index (χ3v) is 1.88. The number of guanidine groups is 1. The molecule has 0 saturated carbocycles. The van der Waals surface area contributed by atoms with Crippen LogP contribution in [-0.2, 0) is 13.7 Å². The van der Waals surface area contributed by atoms with Crippen LogP contribution in [0.15, 0.2) is 0 Å². The molecule has 0 spiro atoms. The fourth-order valence-corrected chi connectivity index (χ4v) is 1.16. The van der Waals surface area contributed by atoms with Crippen molar-refractivity contribution >= 4 is 14.6 Å². The third kappa shape index (κ3) is 6.30. The second kappa shape index (κ2) is 7.24. The highest BCUT2D eigenvalue weighted by atomic mass is 31.2. The summed E-state index contributed by atoms with van der Waals surface area (Å²) in [6.45, 7) is 4.63. The third-order valence-electron chi connectivity index (χ3n) is 0.699. The monoisotopic (exact) mass is 195 g/mol. The summed E-state index contributed by atoms with van der Waals surface area (Å²) in [5.41, 5.74) is 7.13. The number of hydrogen-bond acceptors (Lipinski definition) is 4. The summed E-state index contributed by atoms with van der Waals surface area (Å²) in [5, 5.41) is 6.79. The number of hydrogen-bond donors (Lipinski definition) is 3. The van der Waals surface area contributed by atoms with Gasteiger partial charge in [0.1, 0.15) is 0 Å². The van der Waals surface area contributed by atoms with E-state index in [9.17, 15) is 0 Å². The fraction of sp³-hybridized carbons (Fsp3) is 0.800. The number of rotatable bonds is 6. The first-order valence-electron chi connectivity index (χ1n) is 3.53. The zero-order valence-corrected chi connectivity index (χ0v) is 8.06. The summed E-state index contributed by atoms with van der Waals surface area (Å²) in [5.74, 6) is -0.276. The molecule has 0 unspecified atom stereocenters. The van der Waals surface area contributed by atoms with Crippen molar-refractivity contribution in [2.24, 2.45) is 5.73 Å². The molecule has 72 valence electrons.